The van der Waals surface area contributed by atoms with Gasteiger partial charge in [0, 0.05) is 5.69 Å². The molecule has 4 N–H and O–H groups in total. The van der Waals surface area contributed by atoms with Crippen LogP contribution in [0.2, 0.25) is 0 Å². The van der Waals surface area contributed by atoms with Crippen molar-refractivity contribution in [2.45, 2.75) is 20.3 Å². The number of aromatic amines is 1. The molecule has 0 aliphatic heterocycles. The van der Waals surface area contributed by atoms with Gasteiger partial charge in [0.05, 0.1) is 23.5 Å². The molecule has 2 aromatic rings. The van der Waals surface area contributed by atoms with Gasteiger partial charge < -0.3 is 15.7 Å². The van der Waals surface area contributed by atoms with E-state index in [1.807, 2.05) is 0 Å². The van der Waals surface area contributed by atoms with Crippen LogP contribution in [-0.4, -0.2) is 27.3 Å². The molecule has 1 aromatic carbocycles. The van der Waals surface area contributed by atoms with Gasteiger partial charge in [0.2, 0.25) is 0 Å². The van der Waals surface area contributed by atoms with E-state index in [2.05, 4.69) is 20.8 Å². The highest BCUT2D eigenvalue weighted by Crippen LogP contribution is 2.19. The third kappa shape index (κ3) is 3.59. The number of urea groups is 1. The van der Waals surface area contributed by atoms with Gasteiger partial charge in [-0.15, -0.1) is 0 Å². The van der Waals surface area contributed by atoms with E-state index in [-0.39, 0.29) is 6.42 Å². The van der Waals surface area contributed by atoms with Crippen LogP contribution in [0.5, 0.6) is 0 Å². The molecule has 0 unspecified atom stereocenters. The number of amides is 2. The van der Waals surface area contributed by atoms with Crippen LogP contribution in [0, 0.1) is 13.8 Å². The Balaban J connectivity index is 2.11. The van der Waals surface area contributed by atoms with Crippen LogP contribution < -0.4 is 10.6 Å². The van der Waals surface area contributed by atoms with Gasteiger partial charge in [-0.1, -0.05) is 18.2 Å². The van der Waals surface area contributed by atoms with E-state index >= 15 is 0 Å². The van der Waals surface area contributed by atoms with Gasteiger partial charge in [0.1, 0.15) is 0 Å². The number of hydrogen-bond acceptors (Lipinski definition) is 3. The topological polar surface area (TPSA) is 107 Å². The first-order valence-electron chi connectivity index (χ1n) is 6.36. The number of aromatic nitrogens is 2. The van der Waals surface area contributed by atoms with Crippen molar-refractivity contribution in [1.29, 1.82) is 0 Å². The van der Waals surface area contributed by atoms with Crippen molar-refractivity contribution < 1.29 is 14.7 Å². The van der Waals surface area contributed by atoms with Crippen molar-refractivity contribution in [3.8, 4) is 0 Å². The van der Waals surface area contributed by atoms with Crippen molar-refractivity contribution in [2.24, 2.45) is 0 Å². The molecule has 0 bridgehead atoms. The lowest BCUT2D eigenvalue weighted by molar-refractivity contribution is -0.136. The lowest BCUT2D eigenvalue weighted by atomic mass is 10.1. The average Bonchev–Trinajstić information content (AvgIpc) is 2.72. The summed E-state index contributed by atoms with van der Waals surface area (Å²) in [4.78, 5) is 22.8. The predicted octanol–water partition coefficient (Wildman–Crippen LogP) is 2.30. The molecule has 0 spiro atoms. The van der Waals surface area contributed by atoms with E-state index in [4.69, 9.17) is 5.11 Å². The third-order valence-corrected chi connectivity index (χ3v) is 2.97. The molecular weight excluding hydrogens is 272 g/mol. The van der Waals surface area contributed by atoms with Crippen LogP contribution in [0.15, 0.2) is 24.3 Å². The highest BCUT2D eigenvalue weighted by Gasteiger charge is 2.12. The first-order valence-corrected chi connectivity index (χ1v) is 6.36. The number of carbonyl (C=O) groups is 2. The molecule has 0 saturated carbocycles. The van der Waals surface area contributed by atoms with Crippen LogP contribution in [0.4, 0.5) is 16.2 Å². The maximum atomic E-state index is 12.0. The number of nitrogens with zero attached hydrogens (tertiary/aromatic N) is 1. The van der Waals surface area contributed by atoms with Crippen molar-refractivity contribution in [3.05, 3.63) is 41.2 Å². The van der Waals surface area contributed by atoms with Crippen molar-refractivity contribution in [2.75, 3.05) is 10.6 Å². The first-order chi connectivity index (χ1) is 9.97. The molecule has 7 nitrogen and oxygen atoms in total. The number of aryl methyl sites for hydroxylation is 2. The predicted molar refractivity (Wildman–Crippen MR) is 78.5 cm³/mol. The molecule has 7 heteroatoms. The number of H-pyrrole nitrogens is 1. The summed E-state index contributed by atoms with van der Waals surface area (Å²) in [6.45, 7) is 3.57. The molecule has 1 heterocycles. The number of nitrogens with one attached hydrogen (secondary N) is 3. The van der Waals surface area contributed by atoms with E-state index in [1.165, 1.54) is 0 Å². The summed E-state index contributed by atoms with van der Waals surface area (Å²) in [5, 5.41) is 21.0. The Labute approximate surface area is 121 Å². The molecule has 1 aromatic heterocycles. The van der Waals surface area contributed by atoms with Gasteiger partial charge in [0.25, 0.3) is 0 Å². The van der Waals surface area contributed by atoms with E-state index in [1.54, 1.807) is 38.1 Å². The van der Waals surface area contributed by atoms with Gasteiger partial charge in [-0.3, -0.25) is 9.89 Å². The fourth-order valence-electron chi connectivity index (χ4n) is 1.96. The van der Waals surface area contributed by atoms with Crippen LogP contribution >= 0.6 is 0 Å². The average molecular weight is 288 g/mol. The molecule has 0 radical (unpaired) electrons. The van der Waals surface area contributed by atoms with Gasteiger partial charge in [-0.25, -0.2) is 4.79 Å². The Morgan fingerprint density at radius 2 is 1.95 bits per heavy atom. The molecule has 110 valence electrons. The summed E-state index contributed by atoms with van der Waals surface area (Å²) in [6.07, 6.45) is -0.153. The quantitative estimate of drug-likeness (QED) is 0.692. The third-order valence-electron chi connectivity index (χ3n) is 2.97. The molecule has 21 heavy (non-hydrogen) atoms. The number of carbonyl (C=O) groups excluding carboxylic acids is 1. The summed E-state index contributed by atoms with van der Waals surface area (Å²) in [6, 6.07) is 6.34. The minimum Gasteiger partial charge on any atom is -0.481 e. The second-order valence-corrected chi connectivity index (χ2v) is 4.62. The summed E-state index contributed by atoms with van der Waals surface area (Å²) in [7, 11) is 0. The number of anilines is 2. The zero-order valence-electron chi connectivity index (χ0n) is 11.7. The molecule has 2 rings (SSSR count). The van der Waals surface area contributed by atoms with Crippen molar-refractivity contribution >= 4 is 23.4 Å². The lowest BCUT2D eigenvalue weighted by Crippen LogP contribution is -2.21. The molecule has 0 fully saturated rings. The summed E-state index contributed by atoms with van der Waals surface area (Å²) in [5.74, 6) is -0.953. The van der Waals surface area contributed by atoms with E-state index in [9.17, 15) is 9.59 Å². The van der Waals surface area contributed by atoms with Crippen LogP contribution in [0.1, 0.15) is 17.0 Å². The number of aliphatic carboxylic acids is 1. The molecule has 0 saturated heterocycles. The number of benzene rings is 1. The zero-order valence-corrected chi connectivity index (χ0v) is 11.7. The second-order valence-electron chi connectivity index (χ2n) is 4.62. The number of hydrogen-bond donors (Lipinski definition) is 4. The summed E-state index contributed by atoms with van der Waals surface area (Å²) < 4.78 is 0. The number of carboxylic acids is 1. The smallest absolute Gasteiger partial charge is 0.323 e. The van der Waals surface area contributed by atoms with E-state index in [0.717, 1.165) is 5.69 Å². The minimum atomic E-state index is -0.953. The zero-order chi connectivity index (χ0) is 15.4. The highest BCUT2D eigenvalue weighted by atomic mass is 16.4. The Kier molecular flexibility index (Phi) is 4.22. The first kappa shape index (κ1) is 14.6. The highest BCUT2D eigenvalue weighted by molar-refractivity contribution is 6.01. The lowest BCUT2D eigenvalue weighted by Gasteiger charge is -2.11. The summed E-state index contributed by atoms with van der Waals surface area (Å²) in [5.41, 5.74) is 3.06. The van der Waals surface area contributed by atoms with Gasteiger partial charge in [-0.05, 0) is 25.5 Å². The Hall–Kier alpha value is -2.83. The maximum absolute atomic E-state index is 12.0. The number of carboxylic acid groups (broad SMARTS) is 1. The number of para-hydroxylation sites is 1. The van der Waals surface area contributed by atoms with Crippen molar-refractivity contribution in [1.82, 2.24) is 10.2 Å². The van der Waals surface area contributed by atoms with Gasteiger partial charge >= 0.3 is 12.0 Å². The number of rotatable bonds is 4. The Morgan fingerprint density at radius 3 is 2.57 bits per heavy atom. The second kappa shape index (κ2) is 6.08. The Morgan fingerprint density at radius 1 is 1.24 bits per heavy atom. The Bertz CT molecular complexity index is 659. The fourth-order valence-corrected chi connectivity index (χ4v) is 1.96. The molecule has 0 atom stereocenters. The molecular formula is C14H16N4O3. The fraction of sp³-hybridized carbons (Fsp3) is 0.214. The standard InChI is InChI=1S/C14H16N4O3/c1-8-13(9(2)18-17-8)16-14(21)15-11-6-4-3-5-10(11)7-12(19)20/h3-6H,7H2,1-2H3,(H,17,18)(H,19,20)(H2,15,16,21). The van der Waals surface area contributed by atoms with Crippen molar-refractivity contribution in [3.63, 3.8) is 0 Å². The van der Waals surface area contributed by atoms with Gasteiger partial charge in [0.15, 0.2) is 0 Å². The maximum Gasteiger partial charge on any atom is 0.323 e. The minimum absolute atomic E-state index is 0.153. The van der Waals surface area contributed by atoms with Crippen LogP contribution in [0.25, 0.3) is 0 Å². The molecule has 0 aliphatic rings. The summed E-state index contributed by atoms with van der Waals surface area (Å²) >= 11 is 0. The molecule has 0 aliphatic carbocycles. The van der Waals surface area contributed by atoms with Crippen LogP contribution in [0.3, 0.4) is 0 Å². The van der Waals surface area contributed by atoms with Crippen LogP contribution in [-0.2, 0) is 11.2 Å². The SMILES string of the molecule is Cc1n[nH]c(C)c1NC(=O)Nc1ccccc1CC(=O)O. The van der Waals surface area contributed by atoms with Gasteiger partial charge in [-0.2, -0.15) is 5.10 Å². The van der Waals surface area contributed by atoms with E-state index < -0.39 is 12.0 Å². The normalized spacial score (nSPS) is 10.2. The monoisotopic (exact) mass is 288 g/mol. The van der Waals surface area contributed by atoms with E-state index in [0.29, 0.717) is 22.6 Å². The largest absolute Gasteiger partial charge is 0.481 e. The molecule has 2 amide bonds.